The van der Waals surface area contributed by atoms with E-state index >= 15 is 0 Å². The predicted molar refractivity (Wildman–Crippen MR) is 107 cm³/mol. The molecular weight excluding hydrogens is 322 g/mol. The Morgan fingerprint density at radius 3 is 2.50 bits per heavy atom. The molecule has 26 heavy (non-hydrogen) atoms. The lowest BCUT2D eigenvalue weighted by Gasteiger charge is -2.21. The van der Waals surface area contributed by atoms with Gasteiger partial charge in [0.2, 0.25) is 0 Å². The molecule has 3 nitrogen and oxygen atoms in total. The summed E-state index contributed by atoms with van der Waals surface area (Å²) in [6.45, 7) is 7.91. The molecule has 1 N–H and O–H groups in total. The predicted octanol–water partition coefficient (Wildman–Crippen LogP) is 5.10. The van der Waals surface area contributed by atoms with Crippen molar-refractivity contribution in [1.29, 1.82) is 0 Å². The van der Waals surface area contributed by atoms with E-state index in [0.29, 0.717) is 0 Å². The molecule has 0 saturated heterocycles. The number of carbonyl (C=O) groups excluding carboxylic acids is 1. The quantitative estimate of drug-likeness (QED) is 0.697. The van der Waals surface area contributed by atoms with Crippen molar-refractivity contribution in [2.45, 2.75) is 39.8 Å². The van der Waals surface area contributed by atoms with Crippen LogP contribution in [0.4, 0.5) is 0 Å². The first kappa shape index (κ1) is 18.0. The first-order chi connectivity index (χ1) is 12.5. The van der Waals surface area contributed by atoms with Gasteiger partial charge >= 0.3 is 0 Å². The Bertz CT molecular complexity index is 927. The molecule has 0 spiro atoms. The molecule has 1 amide bonds. The van der Waals surface area contributed by atoms with E-state index in [9.17, 15) is 4.79 Å². The van der Waals surface area contributed by atoms with Crippen molar-refractivity contribution in [2.24, 2.45) is 0 Å². The van der Waals surface area contributed by atoms with E-state index in [1.165, 1.54) is 11.1 Å². The number of aryl methyl sites for hydroxylation is 2. The third kappa shape index (κ3) is 3.88. The summed E-state index contributed by atoms with van der Waals surface area (Å²) in [4.78, 5) is 12.6. The molecular formula is C23H25NO2. The number of hydrogen-bond donors (Lipinski definition) is 1. The van der Waals surface area contributed by atoms with Gasteiger partial charge in [-0.15, -0.1) is 0 Å². The summed E-state index contributed by atoms with van der Waals surface area (Å²) < 4.78 is 5.97. The second-order valence-electron chi connectivity index (χ2n) is 6.83. The van der Waals surface area contributed by atoms with Gasteiger partial charge in [-0.25, -0.2) is 0 Å². The zero-order valence-electron chi connectivity index (χ0n) is 15.7. The molecule has 0 bridgehead atoms. The van der Waals surface area contributed by atoms with Gasteiger partial charge in [-0.2, -0.15) is 0 Å². The van der Waals surface area contributed by atoms with Gasteiger partial charge in [0.1, 0.15) is 5.75 Å². The number of nitrogens with one attached hydrogen (secondary N) is 1. The number of fused-ring (bicyclic) bond motifs is 1. The summed E-state index contributed by atoms with van der Waals surface area (Å²) in [6.07, 6.45) is -0.576. The van der Waals surface area contributed by atoms with Crippen LogP contribution in [0.2, 0.25) is 0 Å². The first-order valence-electron chi connectivity index (χ1n) is 8.97. The largest absolute Gasteiger partial charge is 0.480 e. The van der Waals surface area contributed by atoms with E-state index in [1.54, 1.807) is 6.92 Å². The Labute approximate surface area is 155 Å². The molecule has 3 aromatic carbocycles. The molecule has 134 valence electrons. The summed E-state index contributed by atoms with van der Waals surface area (Å²) in [6, 6.07) is 20.1. The maximum absolute atomic E-state index is 12.6. The lowest BCUT2D eigenvalue weighted by atomic mass is 10.00. The van der Waals surface area contributed by atoms with Crippen molar-refractivity contribution in [3.8, 4) is 5.75 Å². The Balaban J connectivity index is 1.72. The van der Waals surface area contributed by atoms with E-state index in [2.05, 4.69) is 37.4 Å². The second-order valence-corrected chi connectivity index (χ2v) is 6.83. The highest BCUT2D eigenvalue weighted by atomic mass is 16.5. The lowest BCUT2D eigenvalue weighted by Crippen LogP contribution is -2.38. The van der Waals surface area contributed by atoms with Gasteiger partial charge in [0.25, 0.3) is 5.91 Å². The minimum Gasteiger partial charge on any atom is -0.480 e. The van der Waals surface area contributed by atoms with Crippen LogP contribution in [0.1, 0.15) is 36.6 Å². The maximum Gasteiger partial charge on any atom is 0.261 e. The van der Waals surface area contributed by atoms with Gasteiger partial charge in [0.05, 0.1) is 6.04 Å². The van der Waals surface area contributed by atoms with Crippen LogP contribution >= 0.6 is 0 Å². The highest BCUT2D eigenvalue weighted by Crippen LogP contribution is 2.26. The van der Waals surface area contributed by atoms with Crippen LogP contribution in [0.15, 0.2) is 60.7 Å². The summed E-state index contributed by atoms with van der Waals surface area (Å²) in [5, 5.41) is 5.18. The topological polar surface area (TPSA) is 38.3 Å². The van der Waals surface area contributed by atoms with E-state index in [4.69, 9.17) is 4.74 Å². The number of ether oxygens (including phenoxy) is 1. The van der Waals surface area contributed by atoms with Gasteiger partial charge in [0, 0.05) is 5.39 Å². The Morgan fingerprint density at radius 2 is 1.69 bits per heavy atom. The number of benzene rings is 3. The second kappa shape index (κ2) is 7.61. The van der Waals surface area contributed by atoms with Gasteiger partial charge in [-0.1, -0.05) is 60.2 Å². The zero-order valence-corrected chi connectivity index (χ0v) is 15.7. The minimum atomic E-state index is -0.576. The summed E-state index contributed by atoms with van der Waals surface area (Å²) in [7, 11) is 0. The smallest absolute Gasteiger partial charge is 0.261 e. The SMILES string of the molecule is Cc1ccc(C)c(C(C)NC(=O)C(C)Oc2cccc3ccccc23)c1. The molecule has 3 aromatic rings. The highest BCUT2D eigenvalue weighted by Gasteiger charge is 2.19. The molecule has 0 fully saturated rings. The van der Waals surface area contributed by atoms with Crippen LogP contribution in [0.5, 0.6) is 5.75 Å². The van der Waals surface area contributed by atoms with Gasteiger partial charge < -0.3 is 10.1 Å². The molecule has 3 heteroatoms. The van der Waals surface area contributed by atoms with Crippen LogP contribution in [0.25, 0.3) is 10.8 Å². The van der Waals surface area contributed by atoms with Crippen molar-refractivity contribution >= 4 is 16.7 Å². The molecule has 0 heterocycles. The molecule has 0 radical (unpaired) electrons. The molecule has 3 rings (SSSR count). The van der Waals surface area contributed by atoms with Crippen molar-refractivity contribution in [2.75, 3.05) is 0 Å². The number of rotatable bonds is 5. The first-order valence-corrected chi connectivity index (χ1v) is 8.97. The average molecular weight is 347 g/mol. The number of amides is 1. The molecule has 0 saturated carbocycles. The van der Waals surface area contributed by atoms with Crippen LogP contribution < -0.4 is 10.1 Å². The molecule has 0 aliphatic rings. The number of carbonyl (C=O) groups is 1. The number of hydrogen-bond acceptors (Lipinski definition) is 2. The van der Waals surface area contributed by atoms with Crippen LogP contribution in [-0.2, 0) is 4.79 Å². The third-order valence-electron chi connectivity index (χ3n) is 4.68. The molecule has 0 aliphatic carbocycles. The summed E-state index contributed by atoms with van der Waals surface area (Å²) in [5.74, 6) is 0.608. The summed E-state index contributed by atoms with van der Waals surface area (Å²) >= 11 is 0. The standard InChI is InChI=1S/C23H25NO2/c1-15-12-13-16(2)21(14-15)17(3)24-23(25)18(4)26-22-11-7-9-19-8-5-6-10-20(19)22/h5-14,17-18H,1-4H3,(H,24,25). The Kier molecular flexibility index (Phi) is 5.27. The van der Waals surface area contributed by atoms with Crippen molar-refractivity contribution < 1.29 is 9.53 Å². The van der Waals surface area contributed by atoms with E-state index in [1.807, 2.05) is 49.4 Å². The summed E-state index contributed by atoms with van der Waals surface area (Å²) in [5.41, 5.74) is 3.49. The fraction of sp³-hybridized carbons (Fsp3) is 0.261. The minimum absolute atomic E-state index is 0.0685. The fourth-order valence-corrected chi connectivity index (χ4v) is 3.18. The highest BCUT2D eigenvalue weighted by molar-refractivity contribution is 5.89. The van der Waals surface area contributed by atoms with Crippen molar-refractivity contribution in [3.05, 3.63) is 77.4 Å². The zero-order chi connectivity index (χ0) is 18.7. The Morgan fingerprint density at radius 1 is 0.962 bits per heavy atom. The van der Waals surface area contributed by atoms with Gasteiger partial charge in [-0.05, 0) is 50.3 Å². The average Bonchev–Trinajstić information content (AvgIpc) is 2.63. The molecule has 0 aliphatic heterocycles. The monoisotopic (exact) mass is 347 g/mol. The van der Waals surface area contributed by atoms with E-state index < -0.39 is 6.10 Å². The normalized spacial score (nSPS) is 13.2. The van der Waals surface area contributed by atoms with Crippen molar-refractivity contribution in [1.82, 2.24) is 5.32 Å². The third-order valence-corrected chi connectivity index (χ3v) is 4.68. The molecule has 2 atom stereocenters. The van der Waals surface area contributed by atoms with Crippen molar-refractivity contribution in [3.63, 3.8) is 0 Å². The lowest BCUT2D eigenvalue weighted by molar-refractivity contribution is -0.127. The van der Waals surface area contributed by atoms with Crippen LogP contribution in [-0.4, -0.2) is 12.0 Å². The van der Waals surface area contributed by atoms with E-state index in [-0.39, 0.29) is 11.9 Å². The van der Waals surface area contributed by atoms with Crippen LogP contribution in [0, 0.1) is 13.8 Å². The van der Waals surface area contributed by atoms with Gasteiger partial charge in [-0.3, -0.25) is 4.79 Å². The van der Waals surface area contributed by atoms with Crippen LogP contribution in [0.3, 0.4) is 0 Å². The molecule has 2 unspecified atom stereocenters. The van der Waals surface area contributed by atoms with E-state index in [0.717, 1.165) is 22.1 Å². The Hall–Kier alpha value is -2.81. The van der Waals surface area contributed by atoms with Gasteiger partial charge in [0.15, 0.2) is 6.10 Å². The fourth-order valence-electron chi connectivity index (χ4n) is 3.18. The molecule has 0 aromatic heterocycles. The maximum atomic E-state index is 12.6.